The summed E-state index contributed by atoms with van der Waals surface area (Å²) in [5, 5.41) is 9.91. The molecule has 102 valence electrons. The third kappa shape index (κ3) is 2.40. The molecule has 1 aromatic carbocycles. The molecule has 0 atom stereocenters. The summed E-state index contributed by atoms with van der Waals surface area (Å²) in [6.45, 7) is 0.661. The van der Waals surface area contributed by atoms with Gasteiger partial charge in [0.1, 0.15) is 11.3 Å². The van der Waals surface area contributed by atoms with E-state index in [4.69, 9.17) is 11.6 Å². The lowest BCUT2D eigenvalue weighted by atomic mass is 10.2. The number of imidazole rings is 1. The average molecular weight is 288 g/mol. The maximum atomic E-state index is 9.19. The van der Waals surface area contributed by atoms with Crippen LogP contribution < -0.4 is 0 Å². The van der Waals surface area contributed by atoms with E-state index < -0.39 is 0 Å². The fourth-order valence-corrected chi connectivity index (χ4v) is 2.45. The Bertz CT molecular complexity index is 739. The number of aliphatic hydroxyl groups excluding tert-OH is 1. The van der Waals surface area contributed by atoms with E-state index in [1.165, 1.54) is 0 Å². The van der Waals surface area contributed by atoms with Gasteiger partial charge in [-0.2, -0.15) is 0 Å². The van der Waals surface area contributed by atoms with Crippen molar-refractivity contribution < 1.29 is 5.11 Å². The molecular formula is C15H14ClN3O. The number of hydrogen-bond acceptors (Lipinski definition) is 3. The van der Waals surface area contributed by atoms with Gasteiger partial charge in [-0.05, 0) is 23.8 Å². The van der Waals surface area contributed by atoms with Crippen molar-refractivity contribution in [1.29, 1.82) is 0 Å². The minimum atomic E-state index is 0.0614. The van der Waals surface area contributed by atoms with Crippen molar-refractivity contribution in [2.45, 2.75) is 13.0 Å². The lowest BCUT2D eigenvalue weighted by Crippen LogP contribution is -2.08. The van der Waals surface area contributed by atoms with Crippen LogP contribution in [0.3, 0.4) is 0 Å². The summed E-state index contributed by atoms with van der Waals surface area (Å²) in [5.41, 5.74) is 2.66. The summed E-state index contributed by atoms with van der Waals surface area (Å²) in [5.74, 6) is 0.820. The number of benzene rings is 1. The van der Waals surface area contributed by atoms with Crippen LogP contribution in [0.4, 0.5) is 0 Å². The molecule has 0 spiro atoms. The number of hydrogen-bond donors (Lipinski definition) is 1. The van der Waals surface area contributed by atoms with E-state index in [-0.39, 0.29) is 6.61 Å². The molecular weight excluding hydrogens is 274 g/mol. The Kier molecular flexibility index (Phi) is 3.67. The number of pyridine rings is 1. The number of aliphatic hydroxyl groups is 1. The fourth-order valence-electron chi connectivity index (χ4n) is 2.26. The van der Waals surface area contributed by atoms with E-state index >= 15 is 0 Å². The second-order valence-corrected chi connectivity index (χ2v) is 4.93. The first kappa shape index (κ1) is 13.1. The second kappa shape index (κ2) is 5.61. The molecule has 3 aromatic rings. The summed E-state index contributed by atoms with van der Waals surface area (Å²) in [6, 6.07) is 11.5. The molecule has 0 aliphatic carbocycles. The highest BCUT2D eigenvalue weighted by atomic mass is 35.5. The summed E-state index contributed by atoms with van der Waals surface area (Å²) in [4.78, 5) is 8.91. The van der Waals surface area contributed by atoms with Crippen molar-refractivity contribution in [3.05, 3.63) is 59.0 Å². The van der Waals surface area contributed by atoms with Crippen LogP contribution in [-0.4, -0.2) is 26.2 Å². The zero-order valence-corrected chi connectivity index (χ0v) is 11.6. The molecule has 0 radical (unpaired) electrons. The number of aromatic nitrogens is 3. The molecule has 20 heavy (non-hydrogen) atoms. The molecule has 0 amide bonds. The van der Waals surface area contributed by atoms with E-state index in [1.54, 1.807) is 6.20 Å². The Morgan fingerprint density at radius 2 is 2.00 bits per heavy atom. The van der Waals surface area contributed by atoms with Gasteiger partial charge in [-0.25, -0.2) is 9.97 Å². The van der Waals surface area contributed by atoms with Crippen LogP contribution in [0.15, 0.2) is 42.6 Å². The van der Waals surface area contributed by atoms with Gasteiger partial charge in [-0.1, -0.05) is 29.8 Å². The number of fused-ring (bicyclic) bond motifs is 1. The Morgan fingerprint density at radius 3 is 2.80 bits per heavy atom. The van der Waals surface area contributed by atoms with E-state index in [0.717, 1.165) is 27.6 Å². The number of halogens is 1. The van der Waals surface area contributed by atoms with E-state index in [1.807, 2.05) is 41.0 Å². The molecule has 0 bridgehead atoms. The van der Waals surface area contributed by atoms with Crippen LogP contribution in [0.1, 0.15) is 11.4 Å². The predicted molar refractivity (Wildman–Crippen MR) is 78.9 cm³/mol. The number of nitrogens with zero attached hydrogens (tertiary/aromatic N) is 3. The Morgan fingerprint density at radius 1 is 1.15 bits per heavy atom. The normalized spacial score (nSPS) is 11.1. The van der Waals surface area contributed by atoms with Crippen molar-refractivity contribution in [2.75, 3.05) is 6.61 Å². The molecule has 0 saturated carbocycles. The molecule has 2 heterocycles. The average Bonchev–Trinajstić information content (AvgIpc) is 2.80. The minimum absolute atomic E-state index is 0.0614. The third-order valence-electron chi connectivity index (χ3n) is 3.20. The summed E-state index contributed by atoms with van der Waals surface area (Å²) >= 11 is 6.22. The van der Waals surface area contributed by atoms with Gasteiger partial charge in [0.25, 0.3) is 0 Å². The van der Waals surface area contributed by atoms with Crippen LogP contribution in [0.2, 0.25) is 5.02 Å². The predicted octanol–water partition coefficient (Wildman–Crippen LogP) is 2.67. The lowest BCUT2D eigenvalue weighted by molar-refractivity contribution is 0.295. The lowest BCUT2D eigenvalue weighted by Gasteiger charge is -2.09. The van der Waals surface area contributed by atoms with Gasteiger partial charge in [0.05, 0.1) is 13.2 Å². The highest BCUT2D eigenvalue weighted by Gasteiger charge is 2.12. The first-order valence-corrected chi connectivity index (χ1v) is 6.82. The zero-order valence-electron chi connectivity index (χ0n) is 10.8. The fraction of sp³-hybridized carbons (Fsp3) is 0.200. The molecule has 0 aliphatic heterocycles. The summed E-state index contributed by atoms with van der Waals surface area (Å²) < 4.78 is 2.01. The minimum Gasteiger partial charge on any atom is -0.396 e. The molecule has 0 unspecified atom stereocenters. The van der Waals surface area contributed by atoms with Gasteiger partial charge in [0, 0.05) is 17.6 Å². The van der Waals surface area contributed by atoms with Crippen molar-refractivity contribution in [3.63, 3.8) is 0 Å². The molecule has 4 nitrogen and oxygen atoms in total. The Labute approximate surface area is 121 Å². The maximum Gasteiger partial charge on any atom is 0.160 e. The highest BCUT2D eigenvalue weighted by Crippen LogP contribution is 2.20. The van der Waals surface area contributed by atoms with Crippen molar-refractivity contribution in [3.8, 4) is 0 Å². The summed E-state index contributed by atoms with van der Waals surface area (Å²) in [7, 11) is 0. The highest BCUT2D eigenvalue weighted by molar-refractivity contribution is 6.31. The monoisotopic (exact) mass is 287 g/mol. The van der Waals surface area contributed by atoms with Gasteiger partial charge in [-0.15, -0.1) is 0 Å². The smallest absolute Gasteiger partial charge is 0.160 e. The molecule has 0 saturated heterocycles. The standard InChI is InChI=1S/C15H14ClN3O/c16-12-5-2-1-4-11(12)10-19-14(7-9-20)18-13-6-3-8-17-15(13)19/h1-6,8,20H,7,9-10H2. The van der Waals surface area contributed by atoms with E-state index in [0.29, 0.717) is 13.0 Å². The van der Waals surface area contributed by atoms with Gasteiger partial charge in [0.15, 0.2) is 5.65 Å². The van der Waals surface area contributed by atoms with Gasteiger partial charge < -0.3 is 9.67 Å². The van der Waals surface area contributed by atoms with Crippen molar-refractivity contribution in [2.24, 2.45) is 0 Å². The topological polar surface area (TPSA) is 50.9 Å². The SMILES string of the molecule is OCCc1nc2cccnc2n1Cc1ccccc1Cl. The molecule has 3 rings (SSSR count). The molecule has 1 N–H and O–H groups in total. The van der Waals surface area contributed by atoms with E-state index in [9.17, 15) is 5.11 Å². The van der Waals surface area contributed by atoms with Crippen LogP contribution in [0.5, 0.6) is 0 Å². The zero-order chi connectivity index (χ0) is 13.9. The van der Waals surface area contributed by atoms with Gasteiger partial charge in [-0.3, -0.25) is 0 Å². The molecule has 0 fully saturated rings. The maximum absolute atomic E-state index is 9.19. The van der Waals surface area contributed by atoms with Crippen LogP contribution in [-0.2, 0) is 13.0 Å². The number of rotatable bonds is 4. The second-order valence-electron chi connectivity index (χ2n) is 4.53. The van der Waals surface area contributed by atoms with Crippen molar-refractivity contribution >= 4 is 22.8 Å². The summed E-state index contributed by atoms with van der Waals surface area (Å²) in [6.07, 6.45) is 2.25. The van der Waals surface area contributed by atoms with Gasteiger partial charge in [0.2, 0.25) is 0 Å². The van der Waals surface area contributed by atoms with Gasteiger partial charge >= 0.3 is 0 Å². The third-order valence-corrected chi connectivity index (χ3v) is 3.57. The quantitative estimate of drug-likeness (QED) is 0.803. The van der Waals surface area contributed by atoms with E-state index in [2.05, 4.69) is 9.97 Å². The molecule has 5 heteroatoms. The Balaban J connectivity index is 2.09. The first-order chi connectivity index (χ1) is 9.79. The molecule has 2 aromatic heterocycles. The first-order valence-electron chi connectivity index (χ1n) is 6.44. The largest absolute Gasteiger partial charge is 0.396 e. The van der Waals surface area contributed by atoms with Crippen LogP contribution in [0, 0.1) is 0 Å². The van der Waals surface area contributed by atoms with Crippen LogP contribution >= 0.6 is 11.6 Å². The molecule has 0 aliphatic rings. The van der Waals surface area contributed by atoms with Crippen LogP contribution in [0.25, 0.3) is 11.2 Å². The van der Waals surface area contributed by atoms with Crippen molar-refractivity contribution in [1.82, 2.24) is 14.5 Å². The Hall–Kier alpha value is -1.91.